The van der Waals surface area contributed by atoms with Crippen molar-refractivity contribution in [3.63, 3.8) is 0 Å². The third-order valence-electron chi connectivity index (χ3n) is 3.57. The average molecular weight is 349 g/mol. The molecule has 2 aromatic carbocycles. The molecule has 5 nitrogen and oxygen atoms in total. The molecule has 0 aliphatic carbocycles. The Kier molecular flexibility index (Phi) is 5.93. The van der Waals surface area contributed by atoms with Gasteiger partial charge in [0.15, 0.2) is 11.5 Å². The van der Waals surface area contributed by atoms with Crippen molar-refractivity contribution in [3.05, 3.63) is 46.5 Å². The first kappa shape index (κ1) is 17.9. The first-order valence-corrected chi connectivity index (χ1v) is 7.85. The Bertz CT molecular complexity index is 747. The summed E-state index contributed by atoms with van der Waals surface area (Å²) < 4.78 is 10.5. The Morgan fingerprint density at radius 3 is 2.33 bits per heavy atom. The minimum absolute atomic E-state index is 0.112. The number of aryl methyl sites for hydroxylation is 2. The zero-order valence-electron chi connectivity index (χ0n) is 14.2. The molecule has 0 fully saturated rings. The highest BCUT2D eigenvalue weighted by Crippen LogP contribution is 2.32. The van der Waals surface area contributed by atoms with Crippen LogP contribution in [0.15, 0.2) is 30.3 Å². The lowest BCUT2D eigenvalue weighted by atomic mass is 10.1. The predicted octanol–water partition coefficient (Wildman–Crippen LogP) is 4.02. The van der Waals surface area contributed by atoms with Gasteiger partial charge in [-0.25, -0.2) is 0 Å². The molecule has 0 aromatic heterocycles. The van der Waals surface area contributed by atoms with E-state index in [1.165, 1.54) is 0 Å². The number of amides is 1. The fourth-order valence-electron chi connectivity index (χ4n) is 2.26. The number of rotatable bonds is 6. The summed E-state index contributed by atoms with van der Waals surface area (Å²) in [4.78, 5) is 12.1. The molecule has 1 amide bonds. The SMILES string of the molecule is COc1cc(C)c(NCC(=O)Nc2ccc(C)cc2Cl)cc1OC. The molecule has 0 aliphatic rings. The fraction of sp³-hybridized carbons (Fsp3) is 0.278. The third-order valence-corrected chi connectivity index (χ3v) is 3.88. The summed E-state index contributed by atoms with van der Waals surface area (Å²) in [6.07, 6.45) is 0. The van der Waals surface area contributed by atoms with E-state index in [-0.39, 0.29) is 12.5 Å². The fourth-order valence-corrected chi connectivity index (χ4v) is 2.54. The summed E-state index contributed by atoms with van der Waals surface area (Å²) in [7, 11) is 3.16. The Hall–Kier alpha value is -2.40. The van der Waals surface area contributed by atoms with Gasteiger partial charge in [0.25, 0.3) is 0 Å². The molecule has 0 unspecified atom stereocenters. The summed E-state index contributed by atoms with van der Waals surface area (Å²) in [5.74, 6) is 1.07. The quantitative estimate of drug-likeness (QED) is 0.827. The summed E-state index contributed by atoms with van der Waals surface area (Å²) >= 11 is 6.12. The molecular formula is C18H21ClN2O3. The molecule has 2 rings (SSSR count). The van der Waals surface area contributed by atoms with Crippen molar-refractivity contribution in [2.24, 2.45) is 0 Å². The first-order valence-electron chi connectivity index (χ1n) is 7.47. The number of ether oxygens (including phenoxy) is 2. The average Bonchev–Trinajstić information content (AvgIpc) is 2.56. The van der Waals surface area contributed by atoms with Crippen LogP contribution in [-0.2, 0) is 4.79 Å². The smallest absolute Gasteiger partial charge is 0.243 e. The molecule has 0 bridgehead atoms. The standard InChI is InChI=1S/C18H21ClN2O3/c1-11-5-6-14(13(19)7-11)21-18(22)10-20-15-9-17(24-4)16(23-3)8-12(15)2/h5-9,20H,10H2,1-4H3,(H,21,22). The Labute approximate surface area is 146 Å². The van der Waals surface area contributed by atoms with E-state index in [2.05, 4.69) is 10.6 Å². The molecule has 2 N–H and O–H groups in total. The number of benzene rings is 2. The maximum Gasteiger partial charge on any atom is 0.243 e. The van der Waals surface area contributed by atoms with Gasteiger partial charge in [0.2, 0.25) is 5.91 Å². The maximum absolute atomic E-state index is 12.1. The van der Waals surface area contributed by atoms with Crippen LogP contribution in [0.4, 0.5) is 11.4 Å². The van der Waals surface area contributed by atoms with Crippen LogP contribution in [0.5, 0.6) is 11.5 Å². The Balaban J connectivity index is 2.03. The summed E-state index contributed by atoms with van der Waals surface area (Å²) in [6.45, 7) is 3.98. The molecule has 0 aliphatic heterocycles. The van der Waals surface area contributed by atoms with Crippen molar-refractivity contribution in [3.8, 4) is 11.5 Å². The van der Waals surface area contributed by atoms with Gasteiger partial charge >= 0.3 is 0 Å². The third kappa shape index (κ3) is 4.32. The predicted molar refractivity (Wildman–Crippen MR) is 97.6 cm³/mol. The van der Waals surface area contributed by atoms with Crippen LogP contribution in [0.2, 0.25) is 5.02 Å². The highest BCUT2D eigenvalue weighted by Gasteiger charge is 2.10. The van der Waals surface area contributed by atoms with Crippen molar-refractivity contribution in [2.75, 3.05) is 31.4 Å². The number of carbonyl (C=O) groups excluding carboxylic acids is 1. The zero-order valence-corrected chi connectivity index (χ0v) is 15.0. The molecular weight excluding hydrogens is 328 g/mol. The van der Waals surface area contributed by atoms with Crippen LogP contribution in [0.1, 0.15) is 11.1 Å². The van der Waals surface area contributed by atoms with E-state index in [1.807, 2.05) is 32.0 Å². The van der Waals surface area contributed by atoms with Gasteiger partial charge in [-0.15, -0.1) is 0 Å². The van der Waals surface area contributed by atoms with Crippen molar-refractivity contribution >= 4 is 28.9 Å². The summed E-state index contributed by atoms with van der Waals surface area (Å²) in [6, 6.07) is 9.16. The van der Waals surface area contributed by atoms with E-state index in [0.29, 0.717) is 22.2 Å². The molecule has 6 heteroatoms. The molecule has 0 saturated carbocycles. The second-order valence-corrected chi connectivity index (χ2v) is 5.81. The van der Waals surface area contributed by atoms with Crippen molar-refractivity contribution in [1.82, 2.24) is 0 Å². The minimum Gasteiger partial charge on any atom is -0.493 e. The highest BCUT2D eigenvalue weighted by molar-refractivity contribution is 6.33. The molecule has 128 valence electrons. The van der Waals surface area contributed by atoms with Gasteiger partial charge in [0.05, 0.1) is 31.5 Å². The number of carbonyl (C=O) groups is 1. The highest BCUT2D eigenvalue weighted by atomic mass is 35.5. The van der Waals surface area contributed by atoms with Gasteiger partial charge in [-0.2, -0.15) is 0 Å². The number of hydrogen-bond donors (Lipinski definition) is 2. The zero-order chi connectivity index (χ0) is 17.7. The lowest BCUT2D eigenvalue weighted by molar-refractivity contribution is -0.114. The maximum atomic E-state index is 12.1. The van der Waals surface area contributed by atoms with E-state index in [1.54, 1.807) is 26.4 Å². The molecule has 0 heterocycles. The topological polar surface area (TPSA) is 59.6 Å². The van der Waals surface area contributed by atoms with Crippen molar-refractivity contribution in [1.29, 1.82) is 0 Å². The van der Waals surface area contributed by atoms with Gasteiger partial charge in [0.1, 0.15) is 0 Å². The van der Waals surface area contributed by atoms with Gasteiger partial charge in [0, 0.05) is 11.8 Å². The van der Waals surface area contributed by atoms with E-state index in [4.69, 9.17) is 21.1 Å². The van der Waals surface area contributed by atoms with Crippen molar-refractivity contribution in [2.45, 2.75) is 13.8 Å². The number of halogens is 1. The second-order valence-electron chi connectivity index (χ2n) is 5.41. The van der Waals surface area contributed by atoms with E-state index in [9.17, 15) is 4.79 Å². The monoisotopic (exact) mass is 348 g/mol. The lowest BCUT2D eigenvalue weighted by Crippen LogP contribution is -2.22. The van der Waals surface area contributed by atoms with Crippen LogP contribution < -0.4 is 20.1 Å². The second kappa shape index (κ2) is 7.93. The number of hydrogen-bond acceptors (Lipinski definition) is 4. The Morgan fingerprint density at radius 1 is 1.04 bits per heavy atom. The number of anilines is 2. The van der Waals surface area contributed by atoms with Crippen LogP contribution in [0.3, 0.4) is 0 Å². The van der Waals surface area contributed by atoms with E-state index in [0.717, 1.165) is 16.8 Å². The van der Waals surface area contributed by atoms with E-state index >= 15 is 0 Å². The van der Waals surface area contributed by atoms with Gasteiger partial charge in [-0.05, 0) is 43.2 Å². The van der Waals surface area contributed by atoms with Gasteiger partial charge in [-0.3, -0.25) is 4.79 Å². The van der Waals surface area contributed by atoms with Crippen molar-refractivity contribution < 1.29 is 14.3 Å². The number of methoxy groups -OCH3 is 2. The Morgan fingerprint density at radius 2 is 1.71 bits per heavy atom. The molecule has 0 radical (unpaired) electrons. The molecule has 0 saturated heterocycles. The minimum atomic E-state index is -0.185. The van der Waals surface area contributed by atoms with Crippen LogP contribution in [0, 0.1) is 13.8 Å². The molecule has 0 spiro atoms. The van der Waals surface area contributed by atoms with Crippen LogP contribution in [0.25, 0.3) is 0 Å². The molecule has 2 aromatic rings. The molecule has 24 heavy (non-hydrogen) atoms. The van der Waals surface area contributed by atoms with Gasteiger partial charge < -0.3 is 20.1 Å². The number of nitrogens with one attached hydrogen (secondary N) is 2. The summed E-state index contributed by atoms with van der Waals surface area (Å²) in [5.41, 5.74) is 3.39. The lowest BCUT2D eigenvalue weighted by Gasteiger charge is -2.14. The van der Waals surface area contributed by atoms with Crippen LogP contribution >= 0.6 is 11.6 Å². The van der Waals surface area contributed by atoms with Crippen LogP contribution in [-0.4, -0.2) is 26.7 Å². The van der Waals surface area contributed by atoms with Gasteiger partial charge in [-0.1, -0.05) is 17.7 Å². The summed E-state index contributed by atoms with van der Waals surface area (Å²) in [5, 5.41) is 6.41. The largest absolute Gasteiger partial charge is 0.493 e. The normalized spacial score (nSPS) is 10.2. The van der Waals surface area contributed by atoms with E-state index < -0.39 is 0 Å². The molecule has 0 atom stereocenters. The first-order chi connectivity index (χ1) is 11.4.